The van der Waals surface area contributed by atoms with Gasteiger partial charge in [0.1, 0.15) is 5.75 Å². The number of ether oxygens (including phenoxy) is 1. The van der Waals surface area contributed by atoms with Crippen LogP contribution in [0.2, 0.25) is 0 Å². The SMILES string of the molecule is COc1cccc(CNC(=O)[C@]2(C)CCCN(C(=O)Nc3cccc(C)c3C)C2)c1. The van der Waals surface area contributed by atoms with Gasteiger partial charge in [-0.05, 0) is 68.5 Å². The fourth-order valence-electron chi connectivity index (χ4n) is 3.86. The van der Waals surface area contributed by atoms with Crippen LogP contribution in [0.15, 0.2) is 42.5 Å². The molecule has 30 heavy (non-hydrogen) atoms. The summed E-state index contributed by atoms with van der Waals surface area (Å²) < 4.78 is 5.24. The van der Waals surface area contributed by atoms with Gasteiger partial charge in [0.25, 0.3) is 0 Å². The van der Waals surface area contributed by atoms with Crippen LogP contribution < -0.4 is 15.4 Å². The number of urea groups is 1. The number of piperidine rings is 1. The molecule has 3 amide bonds. The van der Waals surface area contributed by atoms with Gasteiger partial charge in [0.15, 0.2) is 0 Å². The first-order chi connectivity index (χ1) is 14.3. The summed E-state index contributed by atoms with van der Waals surface area (Å²) in [4.78, 5) is 27.6. The number of anilines is 1. The number of hydrogen-bond acceptors (Lipinski definition) is 3. The summed E-state index contributed by atoms with van der Waals surface area (Å²) in [6.07, 6.45) is 1.55. The summed E-state index contributed by atoms with van der Waals surface area (Å²) in [7, 11) is 1.62. The van der Waals surface area contributed by atoms with E-state index >= 15 is 0 Å². The Morgan fingerprint density at radius 2 is 1.93 bits per heavy atom. The Morgan fingerprint density at radius 3 is 2.70 bits per heavy atom. The molecule has 0 unspecified atom stereocenters. The average Bonchev–Trinajstić information content (AvgIpc) is 2.75. The molecule has 2 N–H and O–H groups in total. The van der Waals surface area contributed by atoms with E-state index < -0.39 is 5.41 Å². The van der Waals surface area contributed by atoms with Crippen LogP contribution in [-0.2, 0) is 11.3 Å². The molecule has 3 rings (SSSR count). The van der Waals surface area contributed by atoms with E-state index in [0.29, 0.717) is 19.6 Å². The fourth-order valence-corrected chi connectivity index (χ4v) is 3.86. The molecule has 0 bridgehead atoms. The molecule has 0 aliphatic carbocycles. The van der Waals surface area contributed by atoms with Crippen molar-refractivity contribution in [3.63, 3.8) is 0 Å². The molecule has 0 radical (unpaired) electrons. The quantitative estimate of drug-likeness (QED) is 0.775. The Kier molecular flexibility index (Phi) is 6.65. The second kappa shape index (κ2) is 9.20. The third-order valence-corrected chi connectivity index (χ3v) is 5.97. The first kappa shape index (κ1) is 21.7. The second-order valence-electron chi connectivity index (χ2n) is 8.30. The zero-order valence-corrected chi connectivity index (χ0v) is 18.2. The number of likely N-dealkylation sites (tertiary alicyclic amines) is 1. The summed E-state index contributed by atoms with van der Waals surface area (Å²) in [6.45, 7) is 7.43. The van der Waals surface area contributed by atoms with Crippen molar-refractivity contribution in [2.24, 2.45) is 5.41 Å². The number of hydrogen-bond donors (Lipinski definition) is 2. The molecular formula is C24H31N3O3. The number of aryl methyl sites for hydroxylation is 1. The van der Waals surface area contributed by atoms with Gasteiger partial charge in [-0.1, -0.05) is 24.3 Å². The fraction of sp³-hybridized carbons (Fsp3) is 0.417. The molecule has 2 aromatic carbocycles. The molecule has 6 nitrogen and oxygen atoms in total. The predicted octanol–water partition coefficient (Wildman–Crippen LogP) is 4.26. The molecule has 1 fully saturated rings. The predicted molar refractivity (Wildman–Crippen MR) is 119 cm³/mol. The number of carbonyl (C=O) groups is 2. The lowest BCUT2D eigenvalue weighted by Gasteiger charge is -2.39. The molecule has 1 heterocycles. The Morgan fingerprint density at radius 1 is 1.17 bits per heavy atom. The zero-order chi connectivity index (χ0) is 21.7. The van der Waals surface area contributed by atoms with E-state index in [9.17, 15) is 9.59 Å². The maximum Gasteiger partial charge on any atom is 0.321 e. The van der Waals surface area contributed by atoms with Crippen molar-refractivity contribution in [2.75, 3.05) is 25.5 Å². The van der Waals surface area contributed by atoms with E-state index in [2.05, 4.69) is 10.6 Å². The lowest BCUT2D eigenvalue weighted by atomic mass is 9.81. The highest BCUT2D eigenvalue weighted by Gasteiger charge is 2.39. The number of nitrogens with zero attached hydrogens (tertiary/aromatic N) is 1. The van der Waals surface area contributed by atoms with E-state index in [4.69, 9.17) is 4.74 Å². The maximum atomic E-state index is 13.0. The average molecular weight is 410 g/mol. The van der Waals surface area contributed by atoms with Crippen molar-refractivity contribution in [3.8, 4) is 5.75 Å². The Balaban J connectivity index is 1.62. The van der Waals surface area contributed by atoms with Gasteiger partial charge in [0.2, 0.25) is 5.91 Å². The van der Waals surface area contributed by atoms with Gasteiger partial charge in [0, 0.05) is 25.3 Å². The molecule has 2 aromatic rings. The van der Waals surface area contributed by atoms with Crippen LogP contribution in [0.4, 0.5) is 10.5 Å². The van der Waals surface area contributed by atoms with Crippen LogP contribution in [0.1, 0.15) is 36.5 Å². The minimum absolute atomic E-state index is 0.0328. The van der Waals surface area contributed by atoms with Crippen LogP contribution >= 0.6 is 0 Å². The molecule has 0 aromatic heterocycles. The van der Waals surface area contributed by atoms with E-state index in [0.717, 1.165) is 41.0 Å². The van der Waals surface area contributed by atoms with Gasteiger partial charge < -0.3 is 20.3 Å². The Bertz CT molecular complexity index is 928. The van der Waals surface area contributed by atoms with Crippen LogP contribution in [-0.4, -0.2) is 37.0 Å². The molecule has 0 spiro atoms. The molecule has 6 heteroatoms. The highest BCUT2D eigenvalue weighted by molar-refractivity contribution is 5.91. The van der Waals surface area contributed by atoms with E-state index in [1.807, 2.05) is 63.2 Å². The minimum Gasteiger partial charge on any atom is -0.497 e. The van der Waals surface area contributed by atoms with Crippen LogP contribution in [0.5, 0.6) is 5.75 Å². The third kappa shape index (κ3) is 4.93. The normalized spacial score (nSPS) is 18.6. The highest BCUT2D eigenvalue weighted by atomic mass is 16.5. The minimum atomic E-state index is -0.615. The van der Waals surface area contributed by atoms with Crippen molar-refractivity contribution >= 4 is 17.6 Å². The molecule has 1 aliphatic rings. The first-order valence-corrected chi connectivity index (χ1v) is 10.4. The topological polar surface area (TPSA) is 70.7 Å². The lowest BCUT2D eigenvalue weighted by Crippen LogP contribution is -2.52. The Labute approximate surface area is 178 Å². The van der Waals surface area contributed by atoms with Crippen molar-refractivity contribution in [1.82, 2.24) is 10.2 Å². The molecule has 1 saturated heterocycles. The second-order valence-corrected chi connectivity index (χ2v) is 8.30. The molecule has 0 saturated carbocycles. The molecule has 1 aliphatic heterocycles. The van der Waals surface area contributed by atoms with Gasteiger partial charge in [0.05, 0.1) is 12.5 Å². The molecule has 1 atom stereocenters. The summed E-state index contributed by atoms with van der Waals surface area (Å²) in [6, 6.07) is 13.4. The van der Waals surface area contributed by atoms with Crippen molar-refractivity contribution in [2.45, 2.75) is 40.2 Å². The number of nitrogens with one attached hydrogen (secondary N) is 2. The van der Waals surface area contributed by atoms with E-state index in [1.165, 1.54) is 0 Å². The van der Waals surface area contributed by atoms with Gasteiger partial charge in [-0.2, -0.15) is 0 Å². The Hall–Kier alpha value is -3.02. The smallest absolute Gasteiger partial charge is 0.321 e. The number of rotatable bonds is 5. The lowest BCUT2D eigenvalue weighted by molar-refractivity contribution is -0.132. The number of methoxy groups -OCH3 is 1. The van der Waals surface area contributed by atoms with E-state index in [1.54, 1.807) is 12.0 Å². The third-order valence-electron chi connectivity index (χ3n) is 5.97. The first-order valence-electron chi connectivity index (χ1n) is 10.4. The maximum absolute atomic E-state index is 13.0. The van der Waals surface area contributed by atoms with Crippen LogP contribution in [0.3, 0.4) is 0 Å². The molecule has 160 valence electrons. The van der Waals surface area contributed by atoms with Crippen molar-refractivity contribution in [3.05, 3.63) is 59.2 Å². The summed E-state index contributed by atoms with van der Waals surface area (Å²) in [5.41, 5.74) is 3.37. The number of benzene rings is 2. The van der Waals surface area contributed by atoms with Gasteiger partial charge >= 0.3 is 6.03 Å². The summed E-state index contributed by atoms with van der Waals surface area (Å²) in [5, 5.41) is 6.04. The largest absolute Gasteiger partial charge is 0.497 e. The van der Waals surface area contributed by atoms with E-state index in [-0.39, 0.29) is 11.9 Å². The van der Waals surface area contributed by atoms with Gasteiger partial charge in [-0.15, -0.1) is 0 Å². The summed E-state index contributed by atoms with van der Waals surface area (Å²) >= 11 is 0. The molecular weight excluding hydrogens is 378 g/mol. The monoisotopic (exact) mass is 409 g/mol. The van der Waals surface area contributed by atoms with Crippen LogP contribution in [0.25, 0.3) is 0 Å². The van der Waals surface area contributed by atoms with Crippen molar-refractivity contribution in [1.29, 1.82) is 0 Å². The van der Waals surface area contributed by atoms with Gasteiger partial charge in [-0.25, -0.2) is 4.79 Å². The standard InChI is InChI=1S/C24H31N3O3/c1-17-8-5-11-21(18(17)2)26-23(29)27-13-7-12-24(3,16-27)22(28)25-15-19-9-6-10-20(14-19)30-4/h5-6,8-11,14H,7,12-13,15-16H2,1-4H3,(H,25,28)(H,26,29)/t24-/m1/s1. The highest BCUT2D eigenvalue weighted by Crippen LogP contribution is 2.30. The number of carbonyl (C=O) groups excluding carboxylic acids is 2. The number of amides is 3. The van der Waals surface area contributed by atoms with Gasteiger partial charge in [-0.3, -0.25) is 4.79 Å². The van der Waals surface area contributed by atoms with Crippen molar-refractivity contribution < 1.29 is 14.3 Å². The van der Waals surface area contributed by atoms with Crippen LogP contribution in [0, 0.1) is 19.3 Å². The zero-order valence-electron chi connectivity index (χ0n) is 18.2. The summed E-state index contributed by atoms with van der Waals surface area (Å²) in [5.74, 6) is 0.731.